The molecule has 0 aromatic heterocycles. The highest BCUT2D eigenvalue weighted by Crippen LogP contribution is 2.25. The third-order valence-corrected chi connectivity index (χ3v) is 7.22. The second kappa shape index (κ2) is 11.9. The Morgan fingerprint density at radius 1 is 0.909 bits per heavy atom. The van der Waals surface area contributed by atoms with Crippen molar-refractivity contribution >= 4 is 17.8 Å². The standard InChI is InChI=1S/C28H33N3OS/c1-33-26-15-9-8-14-25(26)21-31-18-16-22(17-19-31)20-29-28(32)30-27(23-10-4-2-5-11-23)24-12-6-3-7-13-24/h2-15,22,27H,16-21H2,1H3,(H2,29,30,32). The third kappa shape index (κ3) is 6.62. The van der Waals surface area contributed by atoms with Crippen LogP contribution in [0.25, 0.3) is 0 Å². The number of hydrogen-bond acceptors (Lipinski definition) is 3. The first-order chi connectivity index (χ1) is 16.2. The summed E-state index contributed by atoms with van der Waals surface area (Å²) in [5.41, 5.74) is 3.57. The summed E-state index contributed by atoms with van der Waals surface area (Å²) in [5.74, 6) is 0.523. The van der Waals surface area contributed by atoms with Crippen LogP contribution in [-0.4, -0.2) is 36.8 Å². The highest BCUT2D eigenvalue weighted by Gasteiger charge is 2.21. The summed E-state index contributed by atoms with van der Waals surface area (Å²) in [6.45, 7) is 3.88. The van der Waals surface area contributed by atoms with E-state index in [0.717, 1.165) is 50.1 Å². The van der Waals surface area contributed by atoms with Crippen molar-refractivity contribution in [2.75, 3.05) is 25.9 Å². The number of nitrogens with one attached hydrogen (secondary N) is 2. The summed E-state index contributed by atoms with van der Waals surface area (Å²) in [6, 6.07) is 28.7. The smallest absolute Gasteiger partial charge is 0.315 e. The zero-order chi connectivity index (χ0) is 22.9. The van der Waals surface area contributed by atoms with Crippen LogP contribution in [0.5, 0.6) is 0 Å². The Morgan fingerprint density at radius 2 is 1.48 bits per heavy atom. The summed E-state index contributed by atoms with van der Waals surface area (Å²) >= 11 is 1.82. The number of piperidine rings is 1. The fourth-order valence-corrected chi connectivity index (χ4v) is 5.10. The predicted octanol–water partition coefficient (Wildman–Crippen LogP) is 5.71. The van der Waals surface area contributed by atoms with Gasteiger partial charge in [0, 0.05) is 18.0 Å². The molecular weight excluding hydrogens is 426 g/mol. The molecule has 0 spiro atoms. The van der Waals surface area contributed by atoms with E-state index in [1.54, 1.807) is 0 Å². The number of rotatable bonds is 8. The Kier molecular flexibility index (Phi) is 8.45. The zero-order valence-corrected chi connectivity index (χ0v) is 20.1. The van der Waals surface area contributed by atoms with Crippen LogP contribution >= 0.6 is 11.8 Å². The molecule has 0 atom stereocenters. The van der Waals surface area contributed by atoms with E-state index < -0.39 is 0 Å². The Bertz CT molecular complexity index is 964. The van der Waals surface area contributed by atoms with Crippen molar-refractivity contribution in [3.05, 3.63) is 102 Å². The fourth-order valence-electron chi connectivity index (χ4n) is 4.49. The third-order valence-electron chi connectivity index (χ3n) is 6.39. The minimum Gasteiger partial charge on any atom is -0.338 e. The number of urea groups is 1. The summed E-state index contributed by atoms with van der Waals surface area (Å²) in [4.78, 5) is 16.7. The van der Waals surface area contributed by atoms with Gasteiger partial charge in [-0.1, -0.05) is 78.9 Å². The van der Waals surface area contributed by atoms with Gasteiger partial charge in [0.1, 0.15) is 0 Å². The number of thioether (sulfide) groups is 1. The molecule has 5 heteroatoms. The van der Waals surface area contributed by atoms with Gasteiger partial charge in [-0.25, -0.2) is 4.79 Å². The summed E-state index contributed by atoms with van der Waals surface area (Å²) in [6.07, 6.45) is 4.37. The van der Waals surface area contributed by atoms with E-state index in [2.05, 4.69) is 70.3 Å². The van der Waals surface area contributed by atoms with Crippen molar-refractivity contribution in [3.8, 4) is 0 Å². The molecule has 4 rings (SSSR count). The van der Waals surface area contributed by atoms with Crippen LogP contribution in [0.3, 0.4) is 0 Å². The maximum atomic E-state index is 12.8. The lowest BCUT2D eigenvalue weighted by Crippen LogP contribution is -2.43. The van der Waals surface area contributed by atoms with E-state index in [1.165, 1.54) is 10.5 Å². The van der Waals surface area contributed by atoms with Crippen molar-refractivity contribution in [3.63, 3.8) is 0 Å². The van der Waals surface area contributed by atoms with E-state index in [-0.39, 0.29) is 12.1 Å². The van der Waals surface area contributed by atoms with Crippen molar-refractivity contribution < 1.29 is 4.79 Å². The van der Waals surface area contributed by atoms with Crippen molar-refractivity contribution in [1.29, 1.82) is 0 Å². The van der Waals surface area contributed by atoms with Crippen LogP contribution in [0.4, 0.5) is 4.79 Å². The number of nitrogens with zero attached hydrogens (tertiary/aromatic N) is 1. The predicted molar refractivity (Wildman–Crippen MR) is 137 cm³/mol. The molecule has 2 N–H and O–H groups in total. The van der Waals surface area contributed by atoms with Gasteiger partial charge in [0.05, 0.1) is 6.04 Å². The molecule has 1 saturated heterocycles. The van der Waals surface area contributed by atoms with Crippen LogP contribution in [0.2, 0.25) is 0 Å². The molecule has 0 radical (unpaired) electrons. The topological polar surface area (TPSA) is 44.4 Å². The maximum Gasteiger partial charge on any atom is 0.315 e. The molecule has 3 aromatic carbocycles. The monoisotopic (exact) mass is 459 g/mol. The average Bonchev–Trinajstić information content (AvgIpc) is 2.88. The summed E-state index contributed by atoms with van der Waals surface area (Å²) in [5, 5.41) is 6.31. The van der Waals surface area contributed by atoms with Gasteiger partial charge in [-0.05, 0) is 60.9 Å². The van der Waals surface area contributed by atoms with Gasteiger partial charge >= 0.3 is 6.03 Å². The van der Waals surface area contributed by atoms with E-state index in [1.807, 2.05) is 48.2 Å². The number of carbonyl (C=O) groups excluding carboxylic acids is 1. The molecule has 3 aromatic rings. The van der Waals surface area contributed by atoms with E-state index in [4.69, 9.17) is 0 Å². The molecule has 0 unspecified atom stereocenters. The van der Waals surface area contributed by atoms with Crippen LogP contribution < -0.4 is 10.6 Å². The molecule has 0 bridgehead atoms. The number of hydrogen-bond donors (Lipinski definition) is 2. The number of amides is 2. The molecule has 33 heavy (non-hydrogen) atoms. The van der Waals surface area contributed by atoms with Crippen molar-refractivity contribution in [1.82, 2.24) is 15.5 Å². The quantitative estimate of drug-likeness (QED) is 0.424. The molecule has 4 nitrogen and oxygen atoms in total. The fraction of sp³-hybridized carbons (Fsp3) is 0.321. The molecule has 0 aliphatic carbocycles. The van der Waals surface area contributed by atoms with Gasteiger partial charge in [-0.2, -0.15) is 0 Å². The van der Waals surface area contributed by atoms with Crippen LogP contribution in [0.1, 0.15) is 35.6 Å². The molecule has 1 heterocycles. The first kappa shape index (κ1) is 23.4. The zero-order valence-electron chi connectivity index (χ0n) is 19.2. The molecule has 1 aliphatic rings. The normalized spacial score (nSPS) is 14.8. The first-order valence-corrected chi connectivity index (χ1v) is 12.9. The van der Waals surface area contributed by atoms with Crippen LogP contribution in [-0.2, 0) is 6.54 Å². The Morgan fingerprint density at radius 3 is 2.09 bits per heavy atom. The summed E-state index contributed by atoms with van der Waals surface area (Å²) < 4.78 is 0. The van der Waals surface area contributed by atoms with Gasteiger partial charge in [-0.3, -0.25) is 4.90 Å². The highest BCUT2D eigenvalue weighted by atomic mass is 32.2. The Labute approximate surface area is 201 Å². The van der Waals surface area contributed by atoms with Crippen LogP contribution in [0.15, 0.2) is 89.8 Å². The molecule has 1 aliphatic heterocycles. The number of likely N-dealkylation sites (tertiary alicyclic amines) is 1. The average molecular weight is 460 g/mol. The SMILES string of the molecule is CSc1ccccc1CN1CCC(CNC(=O)NC(c2ccccc2)c2ccccc2)CC1. The lowest BCUT2D eigenvalue weighted by molar-refractivity contribution is 0.173. The molecular formula is C28H33N3OS. The van der Waals surface area contributed by atoms with E-state index >= 15 is 0 Å². The second-order valence-corrected chi connectivity index (χ2v) is 9.49. The maximum absolute atomic E-state index is 12.8. The molecule has 172 valence electrons. The van der Waals surface area contributed by atoms with E-state index in [0.29, 0.717) is 5.92 Å². The van der Waals surface area contributed by atoms with Crippen LogP contribution in [0, 0.1) is 5.92 Å². The minimum absolute atomic E-state index is 0.107. The lowest BCUT2D eigenvalue weighted by atomic mass is 9.96. The second-order valence-electron chi connectivity index (χ2n) is 8.64. The molecule has 2 amide bonds. The molecule has 1 fully saturated rings. The summed E-state index contributed by atoms with van der Waals surface area (Å²) in [7, 11) is 0. The number of benzene rings is 3. The van der Waals surface area contributed by atoms with E-state index in [9.17, 15) is 4.79 Å². The first-order valence-electron chi connectivity index (χ1n) is 11.7. The van der Waals surface area contributed by atoms with Gasteiger partial charge in [-0.15, -0.1) is 11.8 Å². The van der Waals surface area contributed by atoms with Gasteiger partial charge in [0.2, 0.25) is 0 Å². The highest BCUT2D eigenvalue weighted by molar-refractivity contribution is 7.98. The Balaban J connectivity index is 1.27. The van der Waals surface area contributed by atoms with Crippen molar-refractivity contribution in [2.24, 2.45) is 5.92 Å². The van der Waals surface area contributed by atoms with Gasteiger partial charge in [0.25, 0.3) is 0 Å². The van der Waals surface area contributed by atoms with Gasteiger partial charge in [0.15, 0.2) is 0 Å². The minimum atomic E-state index is -0.161. The molecule has 0 saturated carbocycles. The van der Waals surface area contributed by atoms with Gasteiger partial charge < -0.3 is 10.6 Å². The van der Waals surface area contributed by atoms with Crippen molar-refractivity contribution in [2.45, 2.75) is 30.3 Å². The number of carbonyl (C=O) groups is 1. The Hall–Kier alpha value is -2.76. The lowest BCUT2D eigenvalue weighted by Gasteiger charge is -2.32. The largest absolute Gasteiger partial charge is 0.338 e.